The van der Waals surface area contributed by atoms with Crippen molar-refractivity contribution in [3.05, 3.63) is 100 Å². The summed E-state index contributed by atoms with van der Waals surface area (Å²) in [6.07, 6.45) is 0.692. The second-order valence-corrected chi connectivity index (χ2v) is 10.3. The van der Waals surface area contributed by atoms with Crippen molar-refractivity contribution in [3.8, 4) is 5.75 Å². The summed E-state index contributed by atoms with van der Waals surface area (Å²) in [5.41, 5.74) is 4.79. The normalized spacial score (nSPS) is 14.9. The Morgan fingerprint density at radius 2 is 1.82 bits per heavy atom. The second-order valence-electron chi connectivity index (χ2n) is 8.90. The molecule has 0 fully saturated rings. The number of rotatable bonds is 9. The number of carboxylic acid groups (broad SMARTS) is 1. The molecular weight excluding hydrogens is 520 g/mol. The fraction of sp³-hybridized carbons (Fsp3) is 0.207. The van der Waals surface area contributed by atoms with Crippen molar-refractivity contribution in [2.75, 3.05) is 23.6 Å². The lowest BCUT2D eigenvalue weighted by atomic mass is 10.0. The molecule has 1 unspecified atom stereocenters. The number of hydrogen-bond acceptors (Lipinski definition) is 7. The predicted octanol–water partition coefficient (Wildman–Crippen LogP) is 7.08. The van der Waals surface area contributed by atoms with Gasteiger partial charge in [-0.1, -0.05) is 53.3 Å². The van der Waals surface area contributed by atoms with Crippen LogP contribution in [0, 0.1) is 6.92 Å². The summed E-state index contributed by atoms with van der Waals surface area (Å²) in [5.74, 6) is -0.126. The summed E-state index contributed by atoms with van der Waals surface area (Å²) in [6, 6.07) is 25.6. The Kier molecular flexibility index (Phi) is 7.62. The van der Waals surface area contributed by atoms with Crippen LogP contribution >= 0.6 is 22.9 Å². The molecule has 9 heteroatoms. The van der Waals surface area contributed by atoms with Crippen molar-refractivity contribution in [2.24, 2.45) is 5.10 Å². The zero-order chi connectivity index (χ0) is 26.6. The Morgan fingerprint density at radius 1 is 1.11 bits per heavy atom. The molecule has 0 bridgehead atoms. The van der Waals surface area contributed by atoms with Crippen molar-refractivity contribution in [2.45, 2.75) is 25.8 Å². The summed E-state index contributed by atoms with van der Waals surface area (Å²) in [5, 5.41) is 17.9. The van der Waals surface area contributed by atoms with Gasteiger partial charge in [0, 0.05) is 23.7 Å². The topological polar surface area (TPSA) is 78.3 Å². The lowest BCUT2D eigenvalue weighted by Gasteiger charge is -2.24. The van der Waals surface area contributed by atoms with E-state index in [0.29, 0.717) is 18.0 Å². The van der Waals surface area contributed by atoms with Crippen LogP contribution < -0.4 is 14.6 Å². The van der Waals surface area contributed by atoms with Gasteiger partial charge in [0.05, 0.1) is 41.5 Å². The van der Waals surface area contributed by atoms with E-state index in [1.165, 1.54) is 11.3 Å². The first-order valence-corrected chi connectivity index (χ1v) is 13.4. The number of methoxy groups -OCH3 is 1. The van der Waals surface area contributed by atoms with Crippen LogP contribution in [-0.4, -0.2) is 35.4 Å². The van der Waals surface area contributed by atoms with Gasteiger partial charge in [-0.3, -0.25) is 9.80 Å². The van der Waals surface area contributed by atoms with Gasteiger partial charge in [-0.05, 0) is 61.0 Å². The third-order valence-corrected chi connectivity index (χ3v) is 7.88. The van der Waals surface area contributed by atoms with Crippen LogP contribution in [-0.2, 0) is 4.79 Å². The van der Waals surface area contributed by atoms with Crippen LogP contribution in [0.15, 0.2) is 84.0 Å². The third-order valence-electron chi connectivity index (χ3n) is 6.40. The van der Waals surface area contributed by atoms with Crippen LogP contribution in [0.1, 0.15) is 35.0 Å². The molecule has 1 N–H and O–H groups in total. The fourth-order valence-corrected chi connectivity index (χ4v) is 5.71. The van der Waals surface area contributed by atoms with Crippen LogP contribution in [0.4, 0.5) is 16.5 Å². The zero-order valence-electron chi connectivity index (χ0n) is 21.0. The van der Waals surface area contributed by atoms with E-state index >= 15 is 0 Å². The van der Waals surface area contributed by atoms with E-state index in [1.807, 2.05) is 78.6 Å². The molecule has 1 aromatic heterocycles. The maximum absolute atomic E-state index is 11.4. The van der Waals surface area contributed by atoms with Gasteiger partial charge in [0.2, 0.25) is 0 Å². The summed E-state index contributed by atoms with van der Waals surface area (Å²) >= 11 is 7.70. The molecule has 4 aromatic rings. The average molecular weight is 547 g/mol. The number of benzene rings is 3. The molecule has 0 aliphatic carbocycles. The van der Waals surface area contributed by atoms with E-state index in [4.69, 9.17) is 26.4 Å². The van der Waals surface area contributed by atoms with E-state index in [0.717, 1.165) is 44.1 Å². The molecule has 0 radical (unpaired) electrons. The number of carboxylic acids is 1. The maximum atomic E-state index is 11.4. The first kappa shape index (κ1) is 25.8. The number of carbonyl (C=O) groups is 1. The molecule has 2 heterocycles. The van der Waals surface area contributed by atoms with E-state index in [-0.39, 0.29) is 12.5 Å². The van der Waals surface area contributed by atoms with Gasteiger partial charge >= 0.3 is 5.97 Å². The molecule has 1 aliphatic heterocycles. The quantitative estimate of drug-likeness (QED) is 0.241. The first-order chi connectivity index (χ1) is 18.4. The highest BCUT2D eigenvalue weighted by molar-refractivity contribution is 7.17. The number of aryl methyl sites for hydroxylation is 1. The molecular formula is C29H27ClN4O3S. The fourth-order valence-electron chi connectivity index (χ4n) is 4.48. The molecule has 194 valence electrons. The number of thiazole rings is 1. The van der Waals surface area contributed by atoms with Crippen molar-refractivity contribution in [1.29, 1.82) is 0 Å². The molecule has 3 aromatic carbocycles. The highest BCUT2D eigenvalue weighted by Crippen LogP contribution is 2.40. The Balaban J connectivity index is 1.50. The maximum Gasteiger partial charge on any atom is 0.305 e. The molecule has 0 amide bonds. The van der Waals surface area contributed by atoms with Gasteiger partial charge in [0.25, 0.3) is 0 Å². The van der Waals surface area contributed by atoms with Crippen LogP contribution in [0.25, 0.3) is 0 Å². The van der Waals surface area contributed by atoms with Crippen molar-refractivity contribution in [3.63, 3.8) is 0 Å². The number of para-hydroxylation sites is 1. The molecule has 0 spiro atoms. The Labute approximate surface area is 230 Å². The molecule has 1 atom stereocenters. The number of halogens is 1. The molecule has 5 rings (SSSR count). The summed E-state index contributed by atoms with van der Waals surface area (Å²) in [4.78, 5) is 19.2. The molecule has 1 aliphatic rings. The molecule has 7 nitrogen and oxygen atoms in total. The number of aromatic nitrogens is 1. The number of anilines is 3. The van der Waals surface area contributed by atoms with Crippen LogP contribution in [0.5, 0.6) is 5.75 Å². The van der Waals surface area contributed by atoms with Crippen molar-refractivity contribution >= 4 is 51.1 Å². The molecule has 38 heavy (non-hydrogen) atoms. The second kappa shape index (κ2) is 11.2. The highest BCUT2D eigenvalue weighted by Gasteiger charge is 2.32. The smallest absolute Gasteiger partial charge is 0.305 e. The summed E-state index contributed by atoms with van der Waals surface area (Å²) in [6.45, 7) is 2.27. The highest BCUT2D eigenvalue weighted by atomic mass is 35.5. The van der Waals surface area contributed by atoms with E-state index in [2.05, 4.69) is 17.1 Å². The van der Waals surface area contributed by atoms with Crippen molar-refractivity contribution in [1.82, 2.24) is 4.98 Å². The third kappa shape index (κ3) is 5.51. The minimum absolute atomic E-state index is 0.0125. The molecule has 0 saturated heterocycles. The van der Waals surface area contributed by atoms with Gasteiger partial charge in [0.1, 0.15) is 5.75 Å². The Hall–Kier alpha value is -3.88. The predicted molar refractivity (Wildman–Crippen MR) is 153 cm³/mol. The standard InChI is InChI=1S/C29H27ClN4O3S/c1-19-28(38-29(31-19)33(17-16-27(35)36)22-12-14-24(37-2)15-13-22)25-18-26(20-8-10-21(30)11-9-20)34(32-25)23-6-4-3-5-7-23/h3-15,26H,16-18H2,1-2H3,(H,35,36). The average Bonchev–Trinajstić information content (AvgIpc) is 3.54. The minimum Gasteiger partial charge on any atom is -0.497 e. The van der Waals surface area contributed by atoms with Gasteiger partial charge < -0.3 is 14.7 Å². The number of ether oxygens (including phenoxy) is 1. The van der Waals surface area contributed by atoms with Gasteiger partial charge in [-0.15, -0.1) is 0 Å². The van der Waals surface area contributed by atoms with E-state index in [1.54, 1.807) is 7.11 Å². The Bertz CT molecular complexity index is 1440. The Morgan fingerprint density at radius 3 is 2.47 bits per heavy atom. The lowest BCUT2D eigenvalue weighted by Crippen LogP contribution is -2.20. The van der Waals surface area contributed by atoms with Gasteiger partial charge in [-0.25, -0.2) is 4.98 Å². The zero-order valence-corrected chi connectivity index (χ0v) is 22.6. The number of hydrogen-bond donors (Lipinski definition) is 1. The number of hydrazone groups is 1. The number of aliphatic carboxylic acids is 1. The first-order valence-electron chi connectivity index (χ1n) is 12.2. The van der Waals surface area contributed by atoms with Gasteiger partial charge in [0.15, 0.2) is 5.13 Å². The van der Waals surface area contributed by atoms with Gasteiger partial charge in [-0.2, -0.15) is 5.10 Å². The lowest BCUT2D eigenvalue weighted by molar-refractivity contribution is -0.136. The van der Waals surface area contributed by atoms with E-state index < -0.39 is 5.97 Å². The SMILES string of the molecule is COc1ccc(N(CCC(=O)O)c2nc(C)c(C3=NN(c4ccccc4)C(c4ccc(Cl)cc4)C3)s2)cc1. The monoisotopic (exact) mass is 546 g/mol. The van der Waals surface area contributed by atoms with Crippen LogP contribution in [0.2, 0.25) is 5.02 Å². The largest absolute Gasteiger partial charge is 0.497 e. The summed E-state index contributed by atoms with van der Waals surface area (Å²) < 4.78 is 5.29. The molecule has 0 saturated carbocycles. The minimum atomic E-state index is -0.860. The summed E-state index contributed by atoms with van der Waals surface area (Å²) in [7, 11) is 1.62. The van der Waals surface area contributed by atoms with E-state index in [9.17, 15) is 9.90 Å². The number of nitrogens with zero attached hydrogens (tertiary/aromatic N) is 4. The van der Waals surface area contributed by atoms with Crippen LogP contribution in [0.3, 0.4) is 0 Å². The van der Waals surface area contributed by atoms with Crippen molar-refractivity contribution < 1.29 is 14.6 Å².